The van der Waals surface area contributed by atoms with Gasteiger partial charge in [0.15, 0.2) is 0 Å². The first-order valence-corrected chi connectivity index (χ1v) is 8.13. The first-order valence-electron chi connectivity index (χ1n) is 8.13. The van der Waals surface area contributed by atoms with Crippen molar-refractivity contribution in [2.24, 2.45) is 0 Å². The van der Waals surface area contributed by atoms with E-state index in [1.165, 1.54) is 6.07 Å². The summed E-state index contributed by atoms with van der Waals surface area (Å²) in [5.41, 5.74) is 2.09. The van der Waals surface area contributed by atoms with Crippen molar-refractivity contribution in [1.29, 1.82) is 0 Å². The number of ether oxygens (including phenoxy) is 2. The van der Waals surface area contributed by atoms with Gasteiger partial charge in [-0.1, -0.05) is 36.9 Å². The number of rotatable bonds is 6. The molecule has 1 heterocycles. The molecule has 5 nitrogen and oxygen atoms in total. The molecule has 0 N–H and O–H groups in total. The average molecular weight is 350 g/mol. The van der Waals surface area contributed by atoms with Crippen molar-refractivity contribution in [2.45, 2.75) is 6.92 Å². The topological polar surface area (TPSA) is 65.7 Å². The molecule has 0 spiro atoms. The van der Waals surface area contributed by atoms with Crippen LogP contribution in [0.4, 0.5) is 0 Å². The van der Waals surface area contributed by atoms with Gasteiger partial charge in [-0.25, -0.2) is 9.59 Å². The predicted octanol–water partition coefficient (Wildman–Crippen LogP) is 3.96. The van der Waals surface area contributed by atoms with Crippen LogP contribution in [0.3, 0.4) is 0 Å². The minimum atomic E-state index is -0.453. The Balaban J connectivity index is 1.80. The fourth-order valence-electron chi connectivity index (χ4n) is 2.51. The molecule has 0 aliphatic rings. The summed E-state index contributed by atoms with van der Waals surface area (Å²) in [6.45, 7) is 5.39. The molecule has 0 unspecified atom stereocenters. The maximum Gasteiger partial charge on any atom is 0.336 e. The highest BCUT2D eigenvalue weighted by Gasteiger charge is 2.09. The van der Waals surface area contributed by atoms with Gasteiger partial charge in [-0.05, 0) is 30.2 Å². The van der Waals surface area contributed by atoms with Crippen molar-refractivity contribution in [1.82, 2.24) is 0 Å². The van der Waals surface area contributed by atoms with Crippen LogP contribution in [0.1, 0.15) is 6.92 Å². The van der Waals surface area contributed by atoms with E-state index in [4.69, 9.17) is 13.9 Å². The van der Waals surface area contributed by atoms with Gasteiger partial charge in [-0.15, -0.1) is 0 Å². The Bertz CT molecular complexity index is 1000. The van der Waals surface area contributed by atoms with Gasteiger partial charge in [0.25, 0.3) is 0 Å². The van der Waals surface area contributed by atoms with Gasteiger partial charge < -0.3 is 13.9 Å². The van der Waals surface area contributed by atoms with Crippen LogP contribution in [-0.4, -0.2) is 19.2 Å². The first-order chi connectivity index (χ1) is 12.5. The van der Waals surface area contributed by atoms with E-state index in [1.54, 1.807) is 19.1 Å². The molecule has 0 amide bonds. The zero-order valence-electron chi connectivity index (χ0n) is 14.4. The molecule has 26 heavy (non-hydrogen) atoms. The lowest BCUT2D eigenvalue weighted by molar-refractivity contribution is -0.139. The second kappa shape index (κ2) is 7.70. The van der Waals surface area contributed by atoms with Crippen LogP contribution in [0, 0.1) is 0 Å². The highest BCUT2D eigenvalue weighted by Crippen LogP contribution is 2.29. The first kappa shape index (κ1) is 17.5. The largest absolute Gasteiger partial charge is 0.490 e. The third-order valence-corrected chi connectivity index (χ3v) is 3.73. The van der Waals surface area contributed by atoms with Gasteiger partial charge in [0.1, 0.15) is 24.5 Å². The minimum Gasteiger partial charge on any atom is -0.490 e. The summed E-state index contributed by atoms with van der Waals surface area (Å²) < 4.78 is 15.8. The van der Waals surface area contributed by atoms with Crippen molar-refractivity contribution in [2.75, 3.05) is 13.2 Å². The lowest BCUT2D eigenvalue weighted by Crippen LogP contribution is -2.12. The Hall–Kier alpha value is -3.34. The van der Waals surface area contributed by atoms with Crippen molar-refractivity contribution in [3.63, 3.8) is 0 Å². The molecule has 0 atom stereocenters. The number of hydrogen-bond donors (Lipinski definition) is 0. The molecular weight excluding hydrogens is 332 g/mol. The summed E-state index contributed by atoms with van der Waals surface area (Å²) in [7, 11) is 0. The van der Waals surface area contributed by atoms with Crippen molar-refractivity contribution < 1.29 is 18.7 Å². The highest BCUT2D eigenvalue weighted by atomic mass is 16.6. The summed E-state index contributed by atoms with van der Waals surface area (Å²) in [5, 5.41) is 0.817. The van der Waals surface area contributed by atoms with Gasteiger partial charge in [-0.3, -0.25) is 0 Å². The fraction of sp³-hybridized carbons (Fsp3) is 0.143. The minimum absolute atomic E-state index is 0.109. The van der Waals surface area contributed by atoms with E-state index >= 15 is 0 Å². The summed E-state index contributed by atoms with van der Waals surface area (Å²) >= 11 is 0. The van der Waals surface area contributed by atoms with E-state index in [0.29, 0.717) is 16.9 Å². The standard InChI is InChI=1S/C21H18O5/c1-14(2)21(23)25-11-10-24-16-8-9-17-18(15-6-4-3-5-7-15)13-20(22)26-19(17)12-16/h3-9,12-13H,1,10-11H2,2H3. The van der Waals surface area contributed by atoms with Crippen molar-refractivity contribution >= 4 is 16.9 Å². The molecule has 1 aromatic heterocycles. The molecule has 2 aromatic carbocycles. The molecule has 3 rings (SSSR count). The molecular formula is C21H18O5. The number of carbonyl (C=O) groups excluding carboxylic acids is 1. The number of esters is 1. The Morgan fingerprint density at radius 1 is 1.08 bits per heavy atom. The fourth-order valence-corrected chi connectivity index (χ4v) is 2.51. The van der Waals surface area contributed by atoms with E-state index in [1.807, 2.05) is 36.4 Å². The SMILES string of the molecule is C=C(C)C(=O)OCCOc1ccc2c(-c3ccccc3)cc(=O)oc2c1. The highest BCUT2D eigenvalue weighted by molar-refractivity contribution is 5.93. The molecule has 0 radical (unpaired) electrons. The van der Waals surface area contributed by atoms with E-state index < -0.39 is 11.6 Å². The van der Waals surface area contributed by atoms with Gasteiger partial charge >= 0.3 is 11.6 Å². The molecule has 0 aliphatic heterocycles. The van der Waals surface area contributed by atoms with E-state index in [9.17, 15) is 9.59 Å². The summed E-state index contributed by atoms with van der Waals surface area (Å²) in [5.74, 6) is 0.0721. The van der Waals surface area contributed by atoms with Crippen LogP contribution in [0.2, 0.25) is 0 Å². The van der Waals surface area contributed by atoms with Gasteiger partial charge in [0.2, 0.25) is 0 Å². The normalized spacial score (nSPS) is 10.5. The van der Waals surface area contributed by atoms with Crippen LogP contribution in [-0.2, 0) is 9.53 Å². The third-order valence-electron chi connectivity index (χ3n) is 3.73. The van der Waals surface area contributed by atoms with E-state index in [0.717, 1.165) is 16.5 Å². The summed E-state index contributed by atoms with van der Waals surface area (Å²) in [6, 6.07) is 16.4. The van der Waals surface area contributed by atoms with Gasteiger partial charge in [0, 0.05) is 23.1 Å². The zero-order chi connectivity index (χ0) is 18.5. The maximum absolute atomic E-state index is 11.9. The predicted molar refractivity (Wildman–Crippen MR) is 99.2 cm³/mol. The van der Waals surface area contributed by atoms with E-state index in [-0.39, 0.29) is 13.2 Å². The number of hydrogen-bond acceptors (Lipinski definition) is 5. The summed E-state index contributed by atoms with van der Waals surface area (Å²) in [6.07, 6.45) is 0. The molecule has 5 heteroatoms. The van der Waals surface area contributed by atoms with Crippen LogP contribution in [0.25, 0.3) is 22.1 Å². The number of benzene rings is 2. The monoisotopic (exact) mass is 350 g/mol. The number of carbonyl (C=O) groups is 1. The maximum atomic E-state index is 11.9. The number of fused-ring (bicyclic) bond motifs is 1. The Morgan fingerprint density at radius 3 is 2.58 bits per heavy atom. The van der Waals surface area contributed by atoms with E-state index in [2.05, 4.69) is 6.58 Å². The molecule has 3 aromatic rings. The quantitative estimate of drug-likeness (QED) is 0.291. The second-order valence-corrected chi connectivity index (χ2v) is 5.77. The van der Waals surface area contributed by atoms with Crippen LogP contribution >= 0.6 is 0 Å². The van der Waals surface area contributed by atoms with Crippen LogP contribution < -0.4 is 10.4 Å². The lowest BCUT2D eigenvalue weighted by Gasteiger charge is -2.09. The molecule has 0 saturated carbocycles. The molecule has 0 saturated heterocycles. The average Bonchev–Trinajstić information content (AvgIpc) is 2.64. The van der Waals surface area contributed by atoms with Crippen LogP contribution in [0.5, 0.6) is 5.75 Å². The van der Waals surface area contributed by atoms with Gasteiger partial charge in [-0.2, -0.15) is 0 Å². The molecule has 0 aliphatic carbocycles. The molecule has 132 valence electrons. The lowest BCUT2D eigenvalue weighted by atomic mass is 10.0. The Morgan fingerprint density at radius 2 is 1.85 bits per heavy atom. The molecule has 0 fully saturated rings. The second-order valence-electron chi connectivity index (χ2n) is 5.77. The Kier molecular flexibility index (Phi) is 5.17. The van der Waals surface area contributed by atoms with Gasteiger partial charge in [0.05, 0.1) is 0 Å². The smallest absolute Gasteiger partial charge is 0.336 e. The van der Waals surface area contributed by atoms with Crippen LogP contribution in [0.15, 0.2) is 76.0 Å². The Labute approximate surface area is 150 Å². The van der Waals surface area contributed by atoms with Crippen molar-refractivity contribution in [3.05, 3.63) is 77.2 Å². The summed E-state index contributed by atoms with van der Waals surface area (Å²) in [4.78, 5) is 23.2. The third kappa shape index (κ3) is 4.00. The van der Waals surface area contributed by atoms with Crippen molar-refractivity contribution in [3.8, 4) is 16.9 Å². The zero-order valence-corrected chi connectivity index (χ0v) is 14.4. The molecule has 0 bridgehead atoms.